The predicted octanol–water partition coefficient (Wildman–Crippen LogP) is 2.65. The third kappa shape index (κ3) is 2.70. The van der Waals surface area contributed by atoms with Crippen molar-refractivity contribution >= 4 is 29.1 Å². The van der Waals surface area contributed by atoms with E-state index in [0.717, 1.165) is 5.01 Å². The van der Waals surface area contributed by atoms with Crippen LogP contribution in [0.4, 0.5) is 0 Å². The molecule has 1 aromatic heterocycles. The van der Waals surface area contributed by atoms with E-state index in [-0.39, 0.29) is 0 Å². The molecule has 0 fully saturated rings. The van der Waals surface area contributed by atoms with Gasteiger partial charge in [0.1, 0.15) is 9.90 Å². The van der Waals surface area contributed by atoms with Crippen LogP contribution in [0, 0.1) is 6.92 Å². The predicted molar refractivity (Wildman–Crippen MR) is 54.8 cm³/mol. The van der Waals surface area contributed by atoms with E-state index in [0.29, 0.717) is 15.2 Å². The first-order valence-electron chi connectivity index (χ1n) is 3.88. The van der Waals surface area contributed by atoms with E-state index in [1.54, 1.807) is 0 Å². The highest BCUT2D eigenvalue weighted by atomic mass is 32.2. The molecule has 0 unspecified atom stereocenters. The number of rotatable bonds is 3. The van der Waals surface area contributed by atoms with E-state index in [1.807, 2.05) is 20.8 Å². The van der Waals surface area contributed by atoms with Gasteiger partial charge in [-0.1, -0.05) is 13.8 Å². The molecule has 1 aromatic rings. The molecule has 5 heteroatoms. The molecule has 0 radical (unpaired) electrons. The fraction of sp³-hybridized carbons (Fsp3) is 0.500. The van der Waals surface area contributed by atoms with E-state index in [2.05, 4.69) is 4.98 Å². The molecule has 0 spiro atoms. The van der Waals surface area contributed by atoms with Crippen molar-refractivity contribution in [2.45, 2.75) is 31.0 Å². The van der Waals surface area contributed by atoms with Gasteiger partial charge in [0.25, 0.3) is 0 Å². The van der Waals surface area contributed by atoms with Crippen molar-refractivity contribution in [2.24, 2.45) is 0 Å². The van der Waals surface area contributed by atoms with Crippen LogP contribution in [0.3, 0.4) is 0 Å². The van der Waals surface area contributed by atoms with Gasteiger partial charge in [-0.3, -0.25) is 0 Å². The summed E-state index contributed by atoms with van der Waals surface area (Å²) >= 11 is 2.73. The van der Waals surface area contributed by atoms with Crippen LogP contribution >= 0.6 is 23.1 Å². The Bertz CT molecular complexity index is 320. The summed E-state index contributed by atoms with van der Waals surface area (Å²) in [4.78, 5) is 15.3. The van der Waals surface area contributed by atoms with Crippen LogP contribution in [0.5, 0.6) is 0 Å². The van der Waals surface area contributed by atoms with E-state index in [1.165, 1.54) is 23.1 Å². The molecule has 1 rings (SSSR count). The first kappa shape index (κ1) is 10.5. The SMILES string of the molecule is Cc1nc(SC(C)C)c(C(=O)O)s1. The molecule has 0 bridgehead atoms. The van der Waals surface area contributed by atoms with Crippen LogP contribution in [0.25, 0.3) is 0 Å². The van der Waals surface area contributed by atoms with Crippen LogP contribution in [0.2, 0.25) is 0 Å². The molecule has 0 amide bonds. The van der Waals surface area contributed by atoms with Gasteiger partial charge in [0, 0.05) is 5.25 Å². The second-order valence-electron chi connectivity index (χ2n) is 2.84. The summed E-state index contributed by atoms with van der Waals surface area (Å²) < 4.78 is 0. The molecule has 0 saturated carbocycles. The fourth-order valence-corrected chi connectivity index (χ4v) is 2.66. The number of aryl methyl sites for hydroxylation is 1. The average Bonchev–Trinajstić information content (AvgIpc) is 2.29. The molecular formula is C8H11NO2S2. The molecule has 0 aromatic carbocycles. The molecule has 0 aliphatic rings. The lowest BCUT2D eigenvalue weighted by Crippen LogP contribution is -1.96. The van der Waals surface area contributed by atoms with Gasteiger partial charge in [0.2, 0.25) is 0 Å². The van der Waals surface area contributed by atoms with Crippen molar-refractivity contribution in [3.8, 4) is 0 Å². The van der Waals surface area contributed by atoms with Gasteiger partial charge in [-0.25, -0.2) is 9.78 Å². The summed E-state index contributed by atoms with van der Waals surface area (Å²) in [6, 6.07) is 0. The Hall–Kier alpha value is -0.550. The molecule has 0 atom stereocenters. The first-order valence-corrected chi connectivity index (χ1v) is 5.57. The van der Waals surface area contributed by atoms with Gasteiger partial charge in [0.05, 0.1) is 5.01 Å². The van der Waals surface area contributed by atoms with Gasteiger partial charge in [-0.2, -0.15) is 0 Å². The van der Waals surface area contributed by atoms with Crippen molar-refractivity contribution in [1.29, 1.82) is 0 Å². The number of carboxylic acid groups (broad SMARTS) is 1. The zero-order valence-electron chi connectivity index (χ0n) is 7.70. The van der Waals surface area contributed by atoms with Crippen molar-refractivity contribution in [3.05, 3.63) is 9.88 Å². The lowest BCUT2D eigenvalue weighted by molar-refractivity contribution is 0.0698. The molecule has 13 heavy (non-hydrogen) atoms. The van der Waals surface area contributed by atoms with E-state index >= 15 is 0 Å². The summed E-state index contributed by atoms with van der Waals surface area (Å²) in [5, 5.41) is 10.7. The van der Waals surface area contributed by atoms with Crippen molar-refractivity contribution in [1.82, 2.24) is 4.98 Å². The van der Waals surface area contributed by atoms with Gasteiger partial charge < -0.3 is 5.11 Å². The largest absolute Gasteiger partial charge is 0.477 e. The molecule has 1 heterocycles. The summed E-state index contributed by atoms with van der Waals surface area (Å²) in [7, 11) is 0. The van der Waals surface area contributed by atoms with Gasteiger partial charge in [-0.15, -0.1) is 23.1 Å². The van der Waals surface area contributed by atoms with Crippen LogP contribution in [-0.4, -0.2) is 21.3 Å². The monoisotopic (exact) mass is 217 g/mol. The van der Waals surface area contributed by atoms with Crippen molar-refractivity contribution in [2.75, 3.05) is 0 Å². The smallest absolute Gasteiger partial charge is 0.348 e. The zero-order chi connectivity index (χ0) is 10.0. The quantitative estimate of drug-likeness (QED) is 0.791. The highest BCUT2D eigenvalue weighted by molar-refractivity contribution is 8.00. The minimum atomic E-state index is -0.881. The lowest BCUT2D eigenvalue weighted by Gasteiger charge is -2.00. The molecule has 0 saturated heterocycles. The van der Waals surface area contributed by atoms with Crippen molar-refractivity contribution in [3.63, 3.8) is 0 Å². The first-order chi connectivity index (χ1) is 6.00. The summed E-state index contributed by atoms with van der Waals surface area (Å²) in [5.41, 5.74) is 0. The van der Waals surface area contributed by atoms with Gasteiger partial charge >= 0.3 is 5.97 Å². The number of aromatic carboxylic acids is 1. The maximum Gasteiger partial charge on any atom is 0.348 e. The number of thiazole rings is 1. The molecule has 0 aliphatic carbocycles. The minimum Gasteiger partial charge on any atom is -0.477 e. The second-order valence-corrected chi connectivity index (χ2v) is 5.61. The number of nitrogens with zero attached hydrogens (tertiary/aromatic N) is 1. The summed E-state index contributed by atoms with van der Waals surface area (Å²) in [5.74, 6) is -0.881. The van der Waals surface area contributed by atoms with E-state index < -0.39 is 5.97 Å². The maximum atomic E-state index is 10.8. The summed E-state index contributed by atoms with van der Waals surface area (Å²) in [6.07, 6.45) is 0. The number of thioether (sulfide) groups is 1. The Labute approximate surface area is 85.2 Å². The highest BCUT2D eigenvalue weighted by Gasteiger charge is 2.16. The van der Waals surface area contributed by atoms with Gasteiger partial charge in [0.15, 0.2) is 0 Å². The van der Waals surface area contributed by atoms with Crippen LogP contribution in [-0.2, 0) is 0 Å². The standard InChI is InChI=1S/C8H11NO2S2/c1-4(2)12-7-6(8(10)11)13-5(3)9-7/h4H,1-3H3,(H,10,11). The third-order valence-corrected chi connectivity index (χ3v) is 3.32. The number of hydrogen-bond donors (Lipinski definition) is 1. The molecule has 1 N–H and O–H groups in total. The molecular weight excluding hydrogens is 206 g/mol. The fourth-order valence-electron chi connectivity index (χ4n) is 0.846. The minimum absolute atomic E-state index is 0.358. The normalized spacial score (nSPS) is 10.8. The van der Waals surface area contributed by atoms with Crippen LogP contribution < -0.4 is 0 Å². The molecule has 72 valence electrons. The average molecular weight is 217 g/mol. The Morgan fingerprint density at radius 2 is 2.23 bits per heavy atom. The Balaban J connectivity index is 2.97. The summed E-state index contributed by atoms with van der Waals surface area (Å²) in [6.45, 7) is 5.86. The van der Waals surface area contributed by atoms with Gasteiger partial charge in [-0.05, 0) is 6.92 Å². The maximum absolute atomic E-state index is 10.8. The lowest BCUT2D eigenvalue weighted by atomic mass is 10.6. The zero-order valence-corrected chi connectivity index (χ0v) is 9.33. The topological polar surface area (TPSA) is 50.2 Å². The molecule has 0 aliphatic heterocycles. The van der Waals surface area contributed by atoms with Crippen LogP contribution in [0.15, 0.2) is 5.03 Å². The van der Waals surface area contributed by atoms with Crippen LogP contribution in [0.1, 0.15) is 28.5 Å². The Kier molecular flexibility index (Phi) is 3.33. The number of aromatic nitrogens is 1. The Morgan fingerprint density at radius 1 is 1.62 bits per heavy atom. The third-order valence-electron chi connectivity index (χ3n) is 1.24. The van der Waals surface area contributed by atoms with Crippen molar-refractivity contribution < 1.29 is 9.90 Å². The number of hydrogen-bond acceptors (Lipinski definition) is 4. The Morgan fingerprint density at radius 3 is 2.69 bits per heavy atom. The number of carbonyl (C=O) groups is 1. The molecule has 3 nitrogen and oxygen atoms in total. The van der Waals surface area contributed by atoms with E-state index in [4.69, 9.17) is 5.11 Å². The van der Waals surface area contributed by atoms with E-state index in [9.17, 15) is 4.79 Å². The highest BCUT2D eigenvalue weighted by Crippen LogP contribution is 2.29. The second kappa shape index (κ2) is 4.11. The number of carboxylic acids is 1.